The standard InChI is InChI=1S/C19H19F4NO2/c20-18-10-14(6-7-17(18)19(21,22)23)11-24-8-9-25-16(12-24)13-26-15-4-2-1-3-5-15/h1-7,10,16H,8-9,11-13H2/t16-/m0/s1. The van der Waals surface area contributed by atoms with Crippen LogP contribution in [0, 0.1) is 5.82 Å². The van der Waals surface area contributed by atoms with Crippen molar-refractivity contribution in [3.05, 3.63) is 65.5 Å². The fourth-order valence-corrected chi connectivity index (χ4v) is 2.88. The van der Waals surface area contributed by atoms with Gasteiger partial charge in [-0.1, -0.05) is 24.3 Å². The minimum absolute atomic E-state index is 0.150. The second-order valence-corrected chi connectivity index (χ2v) is 6.16. The molecule has 0 aromatic heterocycles. The van der Waals surface area contributed by atoms with Gasteiger partial charge >= 0.3 is 6.18 Å². The van der Waals surface area contributed by atoms with E-state index in [0.717, 1.165) is 17.9 Å². The number of rotatable bonds is 5. The van der Waals surface area contributed by atoms with Gasteiger partial charge in [0.15, 0.2) is 0 Å². The summed E-state index contributed by atoms with van der Waals surface area (Å²) >= 11 is 0. The van der Waals surface area contributed by atoms with Crippen LogP contribution in [0.1, 0.15) is 11.1 Å². The van der Waals surface area contributed by atoms with E-state index in [1.54, 1.807) is 0 Å². The topological polar surface area (TPSA) is 21.7 Å². The SMILES string of the molecule is Fc1cc(CN2CCO[C@H](COc3ccccc3)C2)ccc1C(F)(F)F. The molecule has 0 bridgehead atoms. The molecule has 0 N–H and O–H groups in total. The van der Waals surface area contributed by atoms with Crippen LogP contribution < -0.4 is 4.74 Å². The second kappa shape index (κ2) is 8.05. The molecular weight excluding hydrogens is 350 g/mol. The summed E-state index contributed by atoms with van der Waals surface area (Å²) < 4.78 is 62.9. The number of para-hydroxylation sites is 1. The van der Waals surface area contributed by atoms with Gasteiger partial charge < -0.3 is 9.47 Å². The van der Waals surface area contributed by atoms with Crippen LogP contribution in [0.2, 0.25) is 0 Å². The molecule has 3 rings (SSSR count). The number of hydrogen-bond acceptors (Lipinski definition) is 3. The highest BCUT2D eigenvalue weighted by molar-refractivity contribution is 5.26. The van der Waals surface area contributed by atoms with Crippen molar-refractivity contribution in [1.82, 2.24) is 4.90 Å². The maximum atomic E-state index is 13.7. The molecule has 1 atom stereocenters. The lowest BCUT2D eigenvalue weighted by molar-refractivity contribution is -0.140. The van der Waals surface area contributed by atoms with Crippen molar-refractivity contribution in [2.45, 2.75) is 18.8 Å². The minimum atomic E-state index is -4.68. The zero-order valence-electron chi connectivity index (χ0n) is 14.0. The van der Waals surface area contributed by atoms with Gasteiger partial charge in [-0.2, -0.15) is 13.2 Å². The molecule has 7 heteroatoms. The third kappa shape index (κ3) is 4.95. The number of ether oxygens (including phenoxy) is 2. The third-order valence-corrected chi connectivity index (χ3v) is 4.15. The Morgan fingerprint density at radius 2 is 1.88 bits per heavy atom. The maximum absolute atomic E-state index is 13.7. The van der Waals surface area contributed by atoms with Crippen LogP contribution in [0.4, 0.5) is 17.6 Å². The van der Waals surface area contributed by atoms with Gasteiger partial charge in [-0.15, -0.1) is 0 Å². The molecule has 2 aromatic carbocycles. The van der Waals surface area contributed by atoms with Crippen molar-refractivity contribution in [1.29, 1.82) is 0 Å². The molecule has 0 radical (unpaired) electrons. The van der Waals surface area contributed by atoms with Crippen molar-refractivity contribution < 1.29 is 27.0 Å². The Morgan fingerprint density at radius 3 is 2.58 bits per heavy atom. The Morgan fingerprint density at radius 1 is 1.12 bits per heavy atom. The van der Waals surface area contributed by atoms with E-state index in [9.17, 15) is 17.6 Å². The Balaban J connectivity index is 1.56. The first-order valence-electron chi connectivity index (χ1n) is 8.29. The predicted octanol–water partition coefficient (Wildman–Crippen LogP) is 4.12. The van der Waals surface area contributed by atoms with E-state index >= 15 is 0 Å². The van der Waals surface area contributed by atoms with Crippen molar-refractivity contribution >= 4 is 0 Å². The van der Waals surface area contributed by atoms with E-state index < -0.39 is 17.6 Å². The Kier molecular flexibility index (Phi) is 5.78. The van der Waals surface area contributed by atoms with Crippen molar-refractivity contribution in [2.24, 2.45) is 0 Å². The second-order valence-electron chi connectivity index (χ2n) is 6.16. The lowest BCUT2D eigenvalue weighted by atomic mass is 10.1. The summed E-state index contributed by atoms with van der Waals surface area (Å²) in [5.41, 5.74) is -0.738. The van der Waals surface area contributed by atoms with Crippen LogP contribution in [-0.4, -0.2) is 37.3 Å². The number of benzene rings is 2. The first-order valence-corrected chi connectivity index (χ1v) is 8.29. The summed E-state index contributed by atoms with van der Waals surface area (Å²) in [5.74, 6) is -0.495. The van der Waals surface area contributed by atoms with Crippen LogP contribution >= 0.6 is 0 Å². The van der Waals surface area contributed by atoms with Crippen molar-refractivity contribution in [3.8, 4) is 5.75 Å². The summed E-state index contributed by atoms with van der Waals surface area (Å²) in [6.07, 6.45) is -4.83. The van der Waals surface area contributed by atoms with Gasteiger partial charge in [0.05, 0.1) is 12.2 Å². The molecule has 1 saturated heterocycles. The fourth-order valence-electron chi connectivity index (χ4n) is 2.88. The number of halogens is 4. The Labute approximate surface area is 149 Å². The molecule has 0 spiro atoms. The van der Waals surface area contributed by atoms with E-state index in [2.05, 4.69) is 0 Å². The van der Waals surface area contributed by atoms with Crippen molar-refractivity contribution in [2.75, 3.05) is 26.3 Å². The molecule has 140 valence electrons. The largest absolute Gasteiger partial charge is 0.491 e. The van der Waals surface area contributed by atoms with Crippen LogP contribution in [0.3, 0.4) is 0 Å². The number of alkyl halides is 3. The van der Waals surface area contributed by atoms with Gasteiger partial charge in [-0.25, -0.2) is 4.39 Å². The molecular formula is C19H19F4NO2. The summed E-state index contributed by atoms with van der Waals surface area (Å²) in [7, 11) is 0. The molecule has 0 unspecified atom stereocenters. The lowest BCUT2D eigenvalue weighted by Crippen LogP contribution is -2.44. The molecule has 1 fully saturated rings. The molecule has 1 heterocycles. The molecule has 3 nitrogen and oxygen atoms in total. The zero-order valence-corrected chi connectivity index (χ0v) is 14.0. The van der Waals surface area contributed by atoms with E-state index in [-0.39, 0.29) is 6.10 Å². The Bertz CT molecular complexity index is 721. The molecule has 1 aliphatic rings. The van der Waals surface area contributed by atoms with Crippen LogP contribution in [0.5, 0.6) is 5.75 Å². The highest BCUT2D eigenvalue weighted by atomic mass is 19.4. The fraction of sp³-hybridized carbons (Fsp3) is 0.368. The monoisotopic (exact) mass is 369 g/mol. The lowest BCUT2D eigenvalue weighted by Gasteiger charge is -2.32. The minimum Gasteiger partial charge on any atom is -0.491 e. The quantitative estimate of drug-likeness (QED) is 0.740. The highest BCUT2D eigenvalue weighted by Gasteiger charge is 2.34. The van der Waals surface area contributed by atoms with Gasteiger partial charge in [-0.05, 0) is 29.8 Å². The van der Waals surface area contributed by atoms with Crippen LogP contribution in [0.25, 0.3) is 0 Å². The number of hydrogen-bond donors (Lipinski definition) is 0. The smallest absolute Gasteiger partial charge is 0.419 e. The van der Waals surface area contributed by atoms with E-state index in [1.165, 1.54) is 6.07 Å². The highest BCUT2D eigenvalue weighted by Crippen LogP contribution is 2.31. The third-order valence-electron chi connectivity index (χ3n) is 4.15. The number of nitrogens with zero attached hydrogens (tertiary/aromatic N) is 1. The van der Waals surface area contributed by atoms with Crippen molar-refractivity contribution in [3.63, 3.8) is 0 Å². The van der Waals surface area contributed by atoms with Crippen LogP contribution in [-0.2, 0) is 17.5 Å². The molecule has 0 aliphatic carbocycles. The molecule has 1 aliphatic heterocycles. The van der Waals surface area contributed by atoms with Gasteiger partial charge in [0.2, 0.25) is 0 Å². The van der Waals surface area contributed by atoms with Gasteiger partial charge in [0, 0.05) is 19.6 Å². The summed E-state index contributed by atoms with van der Waals surface area (Å²) in [4.78, 5) is 2.02. The first kappa shape index (κ1) is 18.7. The Hall–Kier alpha value is -2.12. The molecule has 26 heavy (non-hydrogen) atoms. The average molecular weight is 369 g/mol. The molecule has 2 aromatic rings. The maximum Gasteiger partial charge on any atom is 0.419 e. The summed E-state index contributed by atoms with van der Waals surface area (Å²) in [6.45, 7) is 2.42. The molecule has 0 amide bonds. The number of morpholine rings is 1. The van der Waals surface area contributed by atoms with Gasteiger partial charge in [0.25, 0.3) is 0 Å². The van der Waals surface area contributed by atoms with Crippen LogP contribution in [0.15, 0.2) is 48.5 Å². The van der Waals surface area contributed by atoms with Gasteiger partial charge in [-0.3, -0.25) is 4.90 Å². The molecule has 0 saturated carbocycles. The first-order chi connectivity index (χ1) is 12.4. The normalized spacial score (nSPS) is 18.7. The van der Waals surface area contributed by atoms with E-state index in [4.69, 9.17) is 9.47 Å². The summed E-state index contributed by atoms with van der Waals surface area (Å²) in [5, 5.41) is 0. The van der Waals surface area contributed by atoms with Gasteiger partial charge in [0.1, 0.15) is 24.3 Å². The van der Waals surface area contributed by atoms with E-state index in [1.807, 2.05) is 35.2 Å². The average Bonchev–Trinajstić information content (AvgIpc) is 2.60. The van der Waals surface area contributed by atoms with E-state index in [0.29, 0.717) is 38.4 Å². The summed E-state index contributed by atoms with van der Waals surface area (Å²) in [6, 6.07) is 12.4. The zero-order chi connectivity index (χ0) is 18.6. The predicted molar refractivity (Wildman–Crippen MR) is 88.4 cm³/mol.